The lowest BCUT2D eigenvalue weighted by molar-refractivity contribution is 0.130. The van der Waals surface area contributed by atoms with Gasteiger partial charge in [-0.25, -0.2) is 0 Å². The van der Waals surface area contributed by atoms with Gasteiger partial charge in [0.05, 0.1) is 16.7 Å². The van der Waals surface area contributed by atoms with Crippen molar-refractivity contribution >= 4 is 11.6 Å². The normalized spacial score (nSPS) is 15.0. The van der Waals surface area contributed by atoms with E-state index in [2.05, 4.69) is 47.9 Å². The number of likely N-dealkylation sites (N-methyl/N-ethyl adjacent to an activating group) is 1. The van der Waals surface area contributed by atoms with Crippen molar-refractivity contribution in [3.05, 3.63) is 106 Å². The molecule has 4 aromatic rings. The fraction of sp³-hybridized carbons (Fsp3) is 0.324. The maximum absolute atomic E-state index is 9.34. The monoisotopic (exact) mass is 623 g/mol. The van der Waals surface area contributed by atoms with Crippen LogP contribution in [0.1, 0.15) is 34.7 Å². The van der Waals surface area contributed by atoms with E-state index in [0.29, 0.717) is 42.8 Å². The maximum Gasteiger partial charge on any atom is 0.161 e. The van der Waals surface area contributed by atoms with Crippen molar-refractivity contribution in [1.82, 2.24) is 9.80 Å². The van der Waals surface area contributed by atoms with E-state index in [-0.39, 0.29) is 0 Å². The van der Waals surface area contributed by atoms with Crippen LogP contribution in [-0.4, -0.2) is 55.7 Å². The van der Waals surface area contributed by atoms with Gasteiger partial charge in [0.25, 0.3) is 0 Å². The van der Waals surface area contributed by atoms with Crippen LogP contribution in [0, 0.1) is 18.3 Å². The van der Waals surface area contributed by atoms with Crippen LogP contribution in [0.4, 0.5) is 0 Å². The van der Waals surface area contributed by atoms with Gasteiger partial charge in [-0.3, -0.25) is 4.90 Å². The average Bonchev–Trinajstić information content (AvgIpc) is 3.08. The second-order valence-electron chi connectivity index (χ2n) is 11.4. The van der Waals surface area contributed by atoms with Crippen LogP contribution in [0.25, 0.3) is 11.1 Å². The largest absolute Gasteiger partial charge is 0.488 e. The summed E-state index contributed by atoms with van der Waals surface area (Å²) in [5.41, 5.74) is 6.93. The van der Waals surface area contributed by atoms with Crippen LogP contribution in [-0.2, 0) is 19.8 Å². The van der Waals surface area contributed by atoms with E-state index in [1.165, 1.54) is 0 Å². The van der Waals surface area contributed by atoms with Crippen molar-refractivity contribution in [3.63, 3.8) is 0 Å². The zero-order valence-corrected chi connectivity index (χ0v) is 26.6. The average molecular weight is 624 g/mol. The number of hydrogen-bond donors (Lipinski definition) is 0. The number of hydrogen-bond acceptors (Lipinski definition) is 7. The molecule has 0 bridgehead atoms. The first-order valence-corrected chi connectivity index (χ1v) is 15.9. The van der Waals surface area contributed by atoms with Crippen molar-refractivity contribution in [2.45, 2.75) is 33.6 Å². The zero-order valence-electron chi connectivity index (χ0n) is 25.9. The first-order valence-electron chi connectivity index (χ1n) is 15.5. The van der Waals surface area contributed by atoms with E-state index in [4.69, 9.17) is 30.5 Å². The molecule has 2 aliphatic rings. The van der Waals surface area contributed by atoms with Crippen LogP contribution < -0.4 is 18.9 Å². The summed E-state index contributed by atoms with van der Waals surface area (Å²) in [6.07, 6.45) is 0. The smallest absolute Gasteiger partial charge is 0.161 e. The summed E-state index contributed by atoms with van der Waals surface area (Å²) in [5.74, 6) is 2.85. The summed E-state index contributed by atoms with van der Waals surface area (Å²) in [5, 5.41) is 9.89. The molecule has 0 spiro atoms. The lowest BCUT2D eigenvalue weighted by Crippen LogP contribution is -2.45. The number of fused-ring (bicyclic) bond motifs is 1. The number of nitrogens with zero attached hydrogens (tertiary/aromatic N) is 3. The Morgan fingerprint density at radius 3 is 2.36 bits per heavy atom. The maximum atomic E-state index is 9.34. The number of nitriles is 1. The predicted octanol–water partition coefficient (Wildman–Crippen LogP) is 7.25. The Kier molecular flexibility index (Phi) is 9.75. The molecule has 0 aromatic heterocycles. The summed E-state index contributed by atoms with van der Waals surface area (Å²) < 4.78 is 24.3. The molecular weight excluding hydrogens is 586 g/mol. The molecule has 0 saturated carbocycles. The van der Waals surface area contributed by atoms with Gasteiger partial charge in [-0.1, -0.05) is 54.9 Å². The summed E-state index contributed by atoms with van der Waals surface area (Å²) in [4.78, 5) is 4.90. The van der Waals surface area contributed by atoms with Crippen molar-refractivity contribution < 1.29 is 18.9 Å². The fourth-order valence-corrected chi connectivity index (χ4v) is 6.10. The first kappa shape index (κ1) is 30.8. The predicted molar refractivity (Wildman–Crippen MR) is 176 cm³/mol. The summed E-state index contributed by atoms with van der Waals surface area (Å²) >= 11 is 6.85. The Labute approximate surface area is 270 Å². The molecule has 0 amide bonds. The molecule has 0 atom stereocenters. The molecule has 1 saturated heterocycles. The minimum atomic E-state index is 0.337. The molecule has 6 rings (SSSR count). The van der Waals surface area contributed by atoms with Gasteiger partial charge in [0.15, 0.2) is 11.5 Å². The summed E-state index contributed by atoms with van der Waals surface area (Å²) in [6, 6.07) is 25.9. The SMILES string of the molecule is CCN1CCN(Cc2cc(Cl)c(OCc3cccc(-c4ccc5c(c4)OCCO5)c3C)cc2OCc2cccc(C#N)c2)CC1. The minimum Gasteiger partial charge on any atom is -0.488 e. The lowest BCUT2D eigenvalue weighted by atomic mass is 9.96. The molecule has 0 aliphatic carbocycles. The van der Waals surface area contributed by atoms with E-state index in [0.717, 1.165) is 89.9 Å². The first-order chi connectivity index (χ1) is 22.0. The van der Waals surface area contributed by atoms with E-state index in [9.17, 15) is 5.26 Å². The highest BCUT2D eigenvalue weighted by molar-refractivity contribution is 6.32. The van der Waals surface area contributed by atoms with Gasteiger partial charge in [-0.2, -0.15) is 5.26 Å². The number of halogens is 1. The number of ether oxygens (including phenoxy) is 4. The van der Waals surface area contributed by atoms with Crippen LogP contribution in [0.15, 0.2) is 72.8 Å². The topological polar surface area (TPSA) is 67.2 Å². The third kappa shape index (κ3) is 7.37. The summed E-state index contributed by atoms with van der Waals surface area (Å²) in [6.45, 7) is 12.0. The molecule has 45 heavy (non-hydrogen) atoms. The van der Waals surface area contributed by atoms with Gasteiger partial charge in [-0.05, 0) is 71.6 Å². The third-order valence-electron chi connectivity index (χ3n) is 8.55. The molecule has 0 radical (unpaired) electrons. The zero-order chi connectivity index (χ0) is 31.2. The molecule has 0 unspecified atom stereocenters. The number of rotatable bonds is 10. The van der Waals surface area contributed by atoms with E-state index < -0.39 is 0 Å². The van der Waals surface area contributed by atoms with Gasteiger partial charge in [-0.15, -0.1) is 0 Å². The van der Waals surface area contributed by atoms with Crippen LogP contribution in [0.2, 0.25) is 5.02 Å². The van der Waals surface area contributed by atoms with Gasteiger partial charge in [0, 0.05) is 44.4 Å². The highest BCUT2D eigenvalue weighted by atomic mass is 35.5. The third-order valence-corrected chi connectivity index (χ3v) is 8.85. The molecular formula is C37H38ClN3O4. The molecule has 232 valence electrons. The second kappa shape index (κ2) is 14.3. The van der Waals surface area contributed by atoms with Crippen LogP contribution in [0.5, 0.6) is 23.0 Å². The molecule has 8 heteroatoms. The molecule has 4 aromatic carbocycles. The Bertz CT molecular complexity index is 1690. The van der Waals surface area contributed by atoms with Crippen LogP contribution in [0.3, 0.4) is 0 Å². The molecule has 2 heterocycles. The second-order valence-corrected chi connectivity index (χ2v) is 11.8. The number of piperazine rings is 1. The molecule has 1 fully saturated rings. The quantitative estimate of drug-likeness (QED) is 0.184. The van der Waals surface area contributed by atoms with Gasteiger partial charge < -0.3 is 23.8 Å². The molecule has 0 N–H and O–H groups in total. The lowest BCUT2D eigenvalue weighted by Gasteiger charge is -2.34. The van der Waals surface area contributed by atoms with E-state index in [1.54, 1.807) is 6.07 Å². The minimum absolute atomic E-state index is 0.337. The molecule has 2 aliphatic heterocycles. The highest BCUT2D eigenvalue weighted by Gasteiger charge is 2.20. The fourth-order valence-electron chi connectivity index (χ4n) is 5.86. The van der Waals surface area contributed by atoms with Crippen molar-refractivity contribution in [1.29, 1.82) is 5.26 Å². The highest BCUT2D eigenvalue weighted by Crippen LogP contribution is 2.38. The van der Waals surface area contributed by atoms with E-state index >= 15 is 0 Å². The Morgan fingerprint density at radius 2 is 1.56 bits per heavy atom. The standard InChI is InChI=1S/C37H38ClN3O4/c1-3-40-12-14-41(15-13-40)23-31-19-33(38)36(21-35(31)44-24-28-7-4-6-27(18-28)22-39)45-25-30-8-5-9-32(26(30)2)29-10-11-34-37(20-29)43-17-16-42-34/h4-11,18-21H,3,12-17,23-25H2,1-2H3. The van der Waals surface area contributed by atoms with Gasteiger partial charge in [0.1, 0.15) is 37.9 Å². The van der Waals surface area contributed by atoms with Crippen molar-refractivity contribution in [3.8, 4) is 40.2 Å². The van der Waals surface area contributed by atoms with Gasteiger partial charge in [0.2, 0.25) is 0 Å². The van der Waals surface area contributed by atoms with Crippen LogP contribution >= 0.6 is 11.6 Å². The Balaban J connectivity index is 1.22. The van der Waals surface area contributed by atoms with Crippen molar-refractivity contribution in [2.75, 3.05) is 45.9 Å². The van der Waals surface area contributed by atoms with E-state index in [1.807, 2.05) is 48.5 Å². The van der Waals surface area contributed by atoms with Gasteiger partial charge >= 0.3 is 0 Å². The summed E-state index contributed by atoms with van der Waals surface area (Å²) in [7, 11) is 0. The van der Waals surface area contributed by atoms with Crippen molar-refractivity contribution in [2.24, 2.45) is 0 Å². The number of benzene rings is 4. The molecule has 7 nitrogen and oxygen atoms in total. The Morgan fingerprint density at radius 1 is 0.800 bits per heavy atom. The Hall–Kier alpha value is -4.22.